The van der Waals surface area contributed by atoms with Crippen LogP contribution in [-0.2, 0) is 10.0 Å². The van der Waals surface area contributed by atoms with Crippen LogP contribution < -0.4 is 0 Å². The number of rotatable bonds is 6. The van der Waals surface area contributed by atoms with Crippen molar-refractivity contribution in [2.75, 3.05) is 33.2 Å². The first-order valence-corrected chi connectivity index (χ1v) is 9.59. The predicted molar refractivity (Wildman–Crippen MR) is 90.4 cm³/mol. The molecule has 2 rings (SSSR count). The lowest BCUT2D eigenvalue weighted by atomic mass is 9.99. The molecular weight excluding hydrogens is 296 g/mol. The second-order valence-corrected chi connectivity index (χ2v) is 8.57. The molecular formula is C17H28N2O2S. The maximum atomic E-state index is 12.5. The largest absolute Gasteiger partial charge is 0.303 e. The molecule has 1 aliphatic heterocycles. The Bertz CT molecular complexity index is 578. The van der Waals surface area contributed by atoms with E-state index in [-0.39, 0.29) is 0 Å². The minimum atomic E-state index is -3.36. The number of nitrogens with zero attached hydrogens (tertiary/aromatic N) is 2. The summed E-state index contributed by atoms with van der Waals surface area (Å²) in [5, 5.41) is 0. The van der Waals surface area contributed by atoms with Crippen molar-refractivity contribution in [3.8, 4) is 0 Å². The van der Waals surface area contributed by atoms with E-state index in [0.29, 0.717) is 11.4 Å². The van der Waals surface area contributed by atoms with Crippen LogP contribution in [0.3, 0.4) is 0 Å². The molecule has 0 atom stereocenters. The third-order valence-corrected chi connectivity index (χ3v) is 6.37. The summed E-state index contributed by atoms with van der Waals surface area (Å²) in [5.41, 5.74) is 0.969. The summed E-state index contributed by atoms with van der Waals surface area (Å²) in [4.78, 5) is 2.84. The molecule has 4 nitrogen and oxygen atoms in total. The molecule has 1 saturated heterocycles. The number of benzene rings is 1. The van der Waals surface area contributed by atoms with Crippen molar-refractivity contribution in [2.24, 2.45) is 5.92 Å². The molecule has 0 spiro atoms. The highest BCUT2D eigenvalue weighted by atomic mass is 32.2. The van der Waals surface area contributed by atoms with E-state index in [9.17, 15) is 8.42 Å². The average Bonchev–Trinajstić information content (AvgIpc) is 2.49. The minimum Gasteiger partial charge on any atom is -0.303 e. The van der Waals surface area contributed by atoms with E-state index in [1.165, 1.54) is 17.1 Å². The molecule has 0 bridgehead atoms. The average molecular weight is 324 g/mol. The smallest absolute Gasteiger partial charge is 0.242 e. The van der Waals surface area contributed by atoms with Crippen LogP contribution in [0.4, 0.5) is 0 Å². The molecule has 0 aromatic heterocycles. The van der Waals surface area contributed by atoms with Gasteiger partial charge < -0.3 is 4.90 Å². The van der Waals surface area contributed by atoms with Crippen molar-refractivity contribution < 1.29 is 8.42 Å². The zero-order valence-electron chi connectivity index (χ0n) is 14.0. The van der Waals surface area contributed by atoms with Gasteiger partial charge >= 0.3 is 0 Å². The Morgan fingerprint density at radius 2 is 1.95 bits per heavy atom. The number of hydrogen-bond donors (Lipinski definition) is 0. The van der Waals surface area contributed by atoms with Gasteiger partial charge in [-0.2, -0.15) is 0 Å². The highest BCUT2D eigenvalue weighted by molar-refractivity contribution is 7.89. The van der Waals surface area contributed by atoms with Crippen LogP contribution in [0.2, 0.25) is 0 Å². The zero-order chi connectivity index (χ0) is 16.2. The SMILES string of the molecule is Cc1cccc(S(=O)(=O)N(C)CCCN2CCC(C)CC2)c1. The van der Waals surface area contributed by atoms with E-state index in [2.05, 4.69) is 11.8 Å². The lowest BCUT2D eigenvalue weighted by molar-refractivity contribution is 0.188. The quantitative estimate of drug-likeness (QED) is 0.808. The van der Waals surface area contributed by atoms with Gasteiger partial charge in [0.15, 0.2) is 0 Å². The van der Waals surface area contributed by atoms with Gasteiger partial charge in [0.05, 0.1) is 4.90 Å². The predicted octanol–water partition coefficient (Wildman–Crippen LogP) is 2.74. The minimum absolute atomic E-state index is 0.391. The molecule has 124 valence electrons. The van der Waals surface area contributed by atoms with Gasteiger partial charge in [-0.05, 0) is 69.4 Å². The Kier molecular flexibility index (Phi) is 6.01. The molecule has 1 heterocycles. The lowest BCUT2D eigenvalue weighted by Crippen LogP contribution is -2.36. The molecule has 0 saturated carbocycles. The van der Waals surface area contributed by atoms with Gasteiger partial charge in [-0.25, -0.2) is 12.7 Å². The van der Waals surface area contributed by atoms with Gasteiger partial charge in [-0.1, -0.05) is 19.1 Å². The normalized spacial score (nSPS) is 18.0. The van der Waals surface area contributed by atoms with E-state index < -0.39 is 10.0 Å². The Balaban J connectivity index is 1.85. The summed E-state index contributed by atoms with van der Waals surface area (Å²) in [6.45, 7) is 8.07. The zero-order valence-corrected chi connectivity index (χ0v) is 14.8. The Morgan fingerprint density at radius 3 is 2.59 bits per heavy atom. The van der Waals surface area contributed by atoms with E-state index in [1.807, 2.05) is 13.0 Å². The fourth-order valence-corrected chi connectivity index (χ4v) is 4.19. The summed E-state index contributed by atoms with van der Waals surface area (Å²) in [6.07, 6.45) is 3.41. The first kappa shape index (κ1) is 17.4. The van der Waals surface area contributed by atoms with Crippen molar-refractivity contribution in [1.29, 1.82) is 0 Å². The third kappa shape index (κ3) is 4.54. The molecule has 1 fully saturated rings. The van der Waals surface area contributed by atoms with Crippen molar-refractivity contribution in [3.63, 3.8) is 0 Å². The second kappa shape index (κ2) is 7.57. The van der Waals surface area contributed by atoms with Crippen LogP contribution in [0, 0.1) is 12.8 Å². The molecule has 0 amide bonds. The van der Waals surface area contributed by atoms with Crippen LogP contribution in [0.5, 0.6) is 0 Å². The van der Waals surface area contributed by atoms with Crippen LogP contribution in [0.25, 0.3) is 0 Å². The Labute approximate surface area is 135 Å². The van der Waals surface area contributed by atoms with Crippen LogP contribution >= 0.6 is 0 Å². The van der Waals surface area contributed by atoms with Crippen LogP contribution in [-0.4, -0.2) is 50.8 Å². The first-order chi connectivity index (χ1) is 10.4. The monoisotopic (exact) mass is 324 g/mol. The number of aryl methyl sites for hydroxylation is 1. The van der Waals surface area contributed by atoms with Gasteiger partial charge in [-0.15, -0.1) is 0 Å². The van der Waals surface area contributed by atoms with Gasteiger partial charge in [0.2, 0.25) is 10.0 Å². The number of hydrogen-bond acceptors (Lipinski definition) is 3. The summed E-state index contributed by atoms with van der Waals surface area (Å²) >= 11 is 0. The fourth-order valence-electron chi connectivity index (χ4n) is 2.88. The van der Waals surface area contributed by atoms with Gasteiger partial charge in [0.1, 0.15) is 0 Å². The molecule has 5 heteroatoms. The van der Waals surface area contributed by atoms with Crippen molar-refractivity contribution in [2.45, 2.75) is 38.0 Å². The molecule has 0 unspecified atom stereocenters. The summed E-state index contributed by atoms with van der Waals surface area (Å²) < 4.78 is 26.5. The Hall–Kier alpha value is -0.910. The first-order valence-electron chi connectivity index (χ1n) is 8.15. The summed E-state index contributed by atoms with van der Waals surface area (Å²) in [7, 11) is -1.68. The topological polar surface area (TPSA) is 40.6 Å². The number of likely N-dealkylation sites (tertiary alicyclic amines) is 1. The van der Waals surface area contributed by atoms with Crippen LogP contribution in [0.15, 0.2) is 29.2 Å². The standard InChI is InChI=1S/C17H28N2O2S/c1-15-8-12-19(13-9-15)11-5-10-18(3)22(20,21)17-7-4-6-16(2)14-17/h4,6-7,14-15H,5,8-13H2,1-3H3. The molecule has 0 radical (unpaired) electrons. The third-order valence-electron chi connectivity index (χ3n) is 4.52. The highest BCUT2D eigenvalue weighted by Crippen LogP contribution is 2.18. The summed E-state index contributed by atoms with van der Waals surface area (Å²) in [6, 6.07) is 7.12. The van der Waals surface area contributed by atoms with E-state index in [0.717, 1.165) is 37.5 Å². The fraction of sp³-hybridized carbons (Fsp3) is 0.647. The molecule has 1 aliphatic rings. The summed E-state index contributed by atoms with van der Waals surface area (Å²) in [5.74, 6) is 0.834. The maximum absolute atomic E-state index is 12.5. The van der Waals surface area contributed by atoms with E-state index in [1.54, 1.807) is 25.2 Å². The van der Waals surface area contributed by atoms with Crippen molar-refractivity contribution in [3.05, 3.63) is 29.8 Å². The number of piperidine rings is 1. The molecule has 1 aromatic rings. The Morgan fingerprint density at radius 1 is 1.27 bits per heavy atom. The molecule has 0 aliphatic carbocycles. The van der Waals surface area contributed by atoms with Crippen molar-refractivity contribution in [1.82, 2.24) is 9.21 Å². The number of sulfonamides is 1. The van der Waals surface area contributed by atoms with Gasteiger partial charge in [0, 0.05) is 13.6 Å². The van der Waals surface area contributed by atoms with E-state index >= 15 is 0 Å². The van der Waals surface area contributed by atoms with Gasteiger partial charge in [-0.3, -0.25) is 0 Å². The van der Waals surface area contributed by atoms with Crippen LogP contribution in [0.1, 0.15) is 31.7 Å². The van der Waals surface area contributed by atoms with Gasteiger partial charge in [0.25, 0.3) is 0 Å². The van der Waals surface area contributed by atoms with Crippen molar-refractivity contribution >= 4 is 10.0 Å². The highest BCUT2D eigenvalue weighted by Gasteiger charge is 2.21. The molecule has 22 heavy (non-hydrogen) atoms. The molecule has 1 aromatic carbocycles. The maximum Gasteiger partial charge on any atom is 0.242 e. The van der Waals surface area contributed by atoms with E-state index in [4.69, 9.17) is 0 Å². The lowest BCUT2D eigenvalue weighted by Gasteiger charge is -2.30. The second-order valence-electron chi connectivity index (χ2n) is 6.52. The molecule has 0 N–H and O–H groups in total.